The largest absolute Gasteiger partial charge is 0.489 e. The predicted molar refractivity (Wildman–Crippen MR) is 88.5 cm³/mol. The molecule has 0 atom stereocenters. The van der Waals surface area contributed by atoms with Gasteiger partial charge < -0.3 is 9.64 Å². The summed E-state index contributed by atoms with van der Waals surface area (Å²) in [6, 6.07) is 18.7. The van der Waals surface area contributed by atoms with Crippen LogP contribution in [0.2, 0.25) is 0 Å². The molecule has 0 unspecified atom stereocenters. The number of benzene rings is 2. The highest BCUT2D eigenvalue weighted by molar-refractivity contribution is 5.29. The molecule has 0 radical (unpaired) electrons. The summed E-state index contributed by atoms with van der Waals surface area (Å²) < 4.78 is 5.88. The van der Waals surface area contributed by atoms with Crippen LogP contribution in [0.5, 0.6) is 5.75 Å². The van der Waals surface area contributed by atoms with Gasteiger partial charge in [-0.05, 0) is 43.3 Å². The average molecular weight is 283 g/mol. The van der Waals surface area contributed by atoms with Crippen LogP contribution >= 0.6 is 0 Å². The zero-order valence-electron chi connectivity index (χ0n) is 13.1. The van der Waals surface area contributed by atoms with Crippen molar-refractivity contribution in [2.75, 3.05) is 13.6 Å². The smallest absolute Gasteiger partial charge is 0.120 e. The van der Waals surface area contributed by atoms with Crippen molar-refractivity contribution in [3.8, 4) is 5.75 Å². The number of hydrogen-bond donors (Lipinski definition) is 0. The SMILES string of the molecule is CCCCN(C)Cc1cccc(OCc2ccccc2)c1. The Morgan fingerprint density at radius 1 is 0.952 bits per heavy atom. The molecule has 0 aromatic heterocycles. The first kappa shape index (κ1) is 15.6. The molecule has 2 aromatic rings. The minimum Gasteiger partial charge on any atom is -0.489 e. The molecule has 0 fully saturated rings. The highest BCUT2D eigenvalue weighted by Gasteiger charge is 2.02. The molecule has 21 heavy (non-hydrogen) atoms. The summed E-state index contributed by atoms with van der Waals surface area (Å²) in [4.78, 5) is 2.36. The fraction of sp³-hybridized carbons (Fsp3) is 0.368. The summed E-state index contributed by atoms with van der Waals surface area (Å²) in [6.45, 7) is 4.97. The molecule has 0 N–H and O–H groups in total. The van der Waals surface area contributed by atoms with Gasteiger partial charge in [0.1, 0.15) is 12.4 Å². The third-order valence-corrected chi connectivity index (χ3v) is 3.49. The van der Waals surface area contributed by atoms with Crippen LogP contribution in [0, 0.1) is 0 Å². The summed E-state index contributed by atoms with van der Waals surface area (Å²) in [6.07, 6.45) is 2.49. The van der Waals surface area contributed by atoms with Crippen molar-refractivity contribution < 1.29 is 4.74 Å². The Bertz CT molecular complexity index is 524. The van der Waals surface area contributed by atoms with Gasteiger partial charge >= 0.3 is 0 Å². The van der Waals surface area contributed by atoms with Gasteiger partial charge in [-0.25, -0.2) is 0 Å². The van der Waals surface area contributed by atoms with Crippen LogP contribution in [0.25, 0.3) is 0 Å². The van der Waals surface area contributed by atoms with Gasteiger partial charge in [0.25, 0.3) is 0 Å². The lowest BCUT2D eigenvalue weighted by Gasteiger charge is -2.16. The summed E-state index contributed by atoms with van der Waals surface area (Å²) in [5.74, 6) is 0.945. The Hall–Kier alpha value is -1.80. The monoisotopic (exact) mass is 283 g/mol. The molecule has 0 amide bonds. The van der Waals surface area contributed by atoms with E-state index in [9.17, 15) is 0 Å². The van der Waals surface area contributed by atoms with Gasteiger partial charge in [0.05, 0.1) is 0 Å². The Morgan fingerprint density at radius 3 is 2.48 bits per heavy atom. The maximum atomic E-state index is 5.88. The Kier molecular flexibility index (Phi) is 6.29. The van der Waals surface area contributed by atoms with Gasteiger partial charge in [-0.3, -0.25) is 0 Å². The summed E-state index contributed by atoms with van der Waals surface area (Å²) in [5, 5.41) is 0. The molecule has 2 aromatic carbocycles. The van der Waals surface area contributed by atoms with E-state index >= 15 is 0 Å². The third-order valence-electron chi connectivity index (χ3n) is 3.49. The molecule has 0 saturated carbocycles. The zero-order valence-corrected chi connectivity index (χ0v) is 13.1. The van der Waals surface area contributed by atoms with Crippen molar-refractivity contribution in [1.29, 1.82) is 0 Å². The maximum Gasteiger partial charge on any atom is 0.120 e. The lowest BCUT2D eigenvalue weighted by Crippen LogP contribution is -2.18. The summed E-state index contributed by atoms with van der Waals surface area (Å²) in [7, 11) is 2.17. The van der Waals surface area contributed by atoms with Gasteiger partial charge in [-0.15, -0.1) is 0 Å². The zero-order chi connectivity index (χ0) is 14.9. The Morgan fingerprint density at radius 2 is 1.71 bits per heavy atom. The lowest BCUT2D eigenvalue weighted by atomic mass is 10.2. The Balaban J connectivity index is 1.88. The number of ether oxygens (including phenoxy) is 1. The standard InChI is InChI=1S/C19H25NO/c1-3-4-13-20(2)15-18-11-8-12-19(14-18)21-16-17-9-6-5-7-10-17/h5-12,14H,3-4,13,15-16H2,1-2H3. The van der Waals surface area contributed by atoms with Gasteiger partial charge in [0.15, 0.2) is 0 Å². The van der Waals surface area contributed by atoms with Gasteiger partial charge in [0, 0.05) is 6.54 Å². The second-order valence-electron chi connectivity index (χ2n) is 5.51. The summed E-state index contributed by atoms with van der Waals surface area (Å²) in [5.41, 5.74) is 2.50. The molecule has 0 aliphatic carbocycles. The molecule has 2 rings (SSSR count). The highest BCUT2D eigenvalue weighted by atomic mass is 16.5. The second-order valence-corrected chi connectivity index (χ2v) is 5.51. The van der Waals surface area contributed by atoms with Gasteiger partial charge in [-0.1, -0.05) is 55.8 Å². The van der Waals surface area contributed by atoms with E-state index in [1.54, 1.807) is 0 Å². The van der Waals surface area contributed by atoms with Crippen molar-refractivity contribution in [3.05, 3.63) is 65.7 Å². The molecule has 0 bridgehead atoms. The Labute approximate surface area is 128 Å². The third kappa shape index (κ3) is 5.60. The fourth-order valence-corrected chi connectivity index (χ4v) is 2.29. The molecule has 0 spiro atoms. The van der Waals surface area contributed by atoms with Crippen molar-refractivity contribution >= 4 is 0 Å². The van der Waals surface area contributed by atoms with Crippen molar-refractivity contribution in [2.45, 2.75) is 32.9 Å². The molecular formula is C19H25NO. The van der Waals surface area contributed by atoms with Crippen molar-refractivity contribution in [3.63, 3.8) is 0 Å². The molecule has 112 valence electrons. The average Bonchev–Trinajstić information content (AvgIpc) is 2.52. The topological polar surface area (TPSA) is 12.5 Å². The van der Waals surface area contributed by atoms with Gasteiger partial charge in [-0.2, -0.15) is 0 Å². The van der Waals surface area contributed by atoms with E-state index in [4.69, 9.17) is 4.74 Å². The molecular weight excluding hydrogens is 258 g/mol. The second kappa shape index (κ2) is 8.48. The van der Waals surface area contributed by atoms with E-state index in [-0.39, 0.29) is 0 Å². The van der Waals surface area contributed by atoms with E-state index < -0.39 is 0 Å². The van der Waals surface area contributed by atoms with Crippen LogP contribution in [0.1, 0.15) is 30.9 Å². The van der Waals surface area contributed by atoms with Crippen LogP contribution in [-0.4, -0.2) is 18.5 Å². The van der Waals surface area contributed by atoms with Gasteiger partial charge in [0.2, 0.25) is 0 Å². The molecule has 0 saturated heterocycles. The fourth-order valence-electron chi connectivity index (χ4n) is 2.29. The first-order valence-corrected chi connectivity index (χ1v) is 7.72. The molecule has 2 heteroatoms. The summed E-state index contributed by atoms with van der Waals surface area (Å²) >= 11 is 0. The highest BCUT2D eigenvalue weighted by Crippen LogP contribution is 2.16. The first-order valence-electron chi connectivity index (χ1n) is 7.72. The lowest BCUT2D eigenvalue weighted by molar-refractivity contribution is 0.302. The quantitative estimate of drug-likeness (QED) is 0.707. The normalized spacial score (nSPS) is 10.8. The predicted octanol–water partition coefficient (Wildman–Crippen LogP) is 4.50. The van der Waals surface area contributed by atoms with Crippen molar-refractivity contribution in [2.24, 2.45) is 0 Å². The molecule has 0 aliphatic heterocycles. The van der Waals surface area contributed by atoms with E-state index in [0.29, 0.717) is 6.61 Å². The van der Waals surface area contributed by atoms with Crippen LogP contribution in [0.4, 0.5) is 0 Å². The maximum absolute atomic E-state index is 5.88. The number of nitrogens with zero attached hydrogens (tertiary/aromatic N) is 1. The molecule has 0 aliphatic rings. The number of hydrogen-bond acceptors (Lipinski definition) is 2. The van der Waals surface area contributed by atoms with E-state index in [0.717, 1.165) is 18.8 Å². The van der Waals surface area contributed by atoms with Crippen LogP contribution in [-0.2, 0) is 13.2 Å². The minimum absolute atomic E-state index is 0.621. The van der Waals surface area contributed by atoms with E-state index in [1.165, 1.54) is 24.0 Å². The van der Waals surface area contributed by atoms with E-state index in [1.807, 2.05) is 24.3 Å². The van der Waals surface area contributed by atoms with Crippen LogP contribution in [0.3, 0.4) is 0 Å². The van der Waals surface area contributed by atoms with Crippen molar-refractivity contribution in [1.82, 2.24) is 4.90 Å². The first-order chi connectivity index (χ1) is 10.3. The van der Waals surface area contributed by atoms with Crippen LogP contribution < -0.4 is 4.74 Å². The van der Waals surface area contributed by atoms with E-state index in [2.05, 4.69) is 49.2 Å². The number of unbranched alkanes of at least 4 members (excludes halogenated alkanes) is 1. The number of rotatable bonds is 8. The molecule has 2 nitrogen and oxygen atoms in total. The molecule has 0 heterocycles. The minimum atomic E-state index is 0.621. The van der Waals surface area contributed by atoms with Crippen LogP contribution in [0.15, 0.2) is 54.6 Å².